The number of morpholine rings is 1. The molecule has 0 aromatic heterocycles. The number of carbonyl (C=O) groups is 1. The molecule has 1 amide bonds. The predicted molar refractivity (Wildman–Crippen MR) is 77.7 cm³/mol. The monoisotopic (exact) mass is 288 g/mol. The van der Waals surface area contributed by atoms with Crippen molar-refractivity contribution in [3.8, 4) is 6.07 Å². The topological polar surface area (TPSA) is 62.6 Å². The summed E-state index contributed by atoms with van der Waals surface area (Å²) in [5.74, 6) is 0. The van der Waals surface area contributed by atoms with Crippen molar-refractivity contribution >= 4 is 6.09 Å². The second kappa shape index (κ2) is 6.15. The van der Waals surface area contributed by atoms with Gasteiger partial charge in [-0.05, 0) is 38.5 Å². The van der Waals surface area contributed by atoms with Crippen LogP contribution in [-0.2, 0) is 9.47 Å². The molecule has 112 valence electrons. The average molecular weight is 288 g/mol. The van der Waals surface area contributed by atoms with Crippen molar-refractivity contribution in [3.05, 3.63) is 35.4 Å². The maximum absolute atomic E-state index is 12.1. The number of amides is 1. The lowest BCUT2D eigenvalue weighted by molar-refractivity contribution is -0.0432. The lowest BCUT2D eigenvalue weighted by atomic mass is 10.1. The zero-order chi connectivity index (χ0) is 15.5. The van der Waals surface area contributed by atoms with E-state index in [1.807, 2.05) is 32.9 Å². The van der Waals surface area contributed by atoms with Crippen LogP contribution in [0.1, 0.15) is 38.0 Å². The van der Waals surface area contributed by atoms with E-state index < -0.39 is 5.60 Å². The summed E-state index contributed by atoms with van der Waals surface area (Å²) in [7, 11) is 0. The Kier molecular flexibility index (Phi) is 4.49. The van der Waals surface area contributed by atoms with Crippen LogP contribution in [0.4, 0.5) is 4.79 Å². The summed E-state index contributed by atoms with van der Waals surface area (Å²) in [5.41, 5.74) is 0.985. The van der Waals surface area contributed by atoms with E-state index in [4.69, 9.17) is 14.7 Å². The third-order valence-corrected chi connectivity index (χ3v) is 3.11. The minimum Gasteiger partial charge on any atom is -0.444 e. The molecule has 1 aromatic carbocycles. The predicted octanol–water partition coefficient (Wildman–Crippen LogP) is 2.87. The van der Waals surface area contributed by atoms with Crippen molar-refractivity contribution in [1.29, 1.82) is 5.26 Å². The van der Waals surface area contributed by atoms with E-state index in [0.29, 0.717) is 25.3 Å². The molecule has 1 fully saturated rings. The van der Waals surface area contributed by atoms with Crippen molar-refractivity contribution in [2.75, 3.05) is 19.7 Å². The number of nitrogens with zero attached hydrogens (tertiary/aromatic N) is 2. The molecule has 21 heavy (non-hydrogen) atoms. The Morgan fingerprint density at radius 3 is 2.90 bits per heavy atom. The average Bonchev–Trinajstić information content (AvgIpc) is 2.46. The summed E-state index contributed by atoms with van der Waals surface area (Å²) in [6, 6.07) is 9.38. The fourth-order valence-electron chi connectivity index (χ4n) is 2.15. The Hall–Kier alpha value is -2.06. The van der Waals surface area contributed by atoms with Crippen LogP contribution in [0.15, 0.2) is 24.3 Å². The molecular formula is C16H20N2O3. The van der Waals surface area contributed by atoms with Gasteiger partial charge in [-0.3, -0.25) is 0 Å². The van der Waals surface area contributed by atoms with Crippen LogP contribution in [0, 0.1) is 11.3 Å². The van der Waals surface area contributed by atoms with Crippen LogP contribution >= 0.6 is 0 Å². The van der Waals surface area contributed by atoms with Gasteiger partial charge in [0.2, 0.25) is 0 Å². The van der Waals surface area contributed by atoms with Crippen molar-refractivity contribution in [1.82, 2.24) is 4.90 Å². The van der Waals surface area contributed by atoms with Gasteiger partial charge in [0.25, 0.3) is 0 Å². The number of benzene rings is 1. The molecule has 0 aliphatic carbocycles. The van der Waals surface area contributed by atoms with Gasteiger partial charge in [-0.15, -0.1) is 0 Å². The third-order valence-electron chi connectivity index (χ3n) is 3.11. The molecular weight excluding hydrogens is 268 g/mol. The van der Waals surface area contributed by atoms with Gasteiger partial charge in [-0.25, -0.2) is 4.79 Å². The molecule has 1 aliphatic rings. The van der Waals surface area contributed by atoms with E-state index in [1.54, 1.807) is 17.0 Å². The maximum atomic E-state index is 12.1. The normalized spacial score (nSPS) is 19.0. The first-order valence-electron chi connectivity index (χ1n) is 6.98. The van der Waals surface area contributed by atoms with E-state index in [9.17, 15) is 4.79 Å². The lowest BCUT2D eigenvalue weighted by Gasteiger charge is -2.34. The minimum absolute atomic E-state index is 0.223. The van der Waals surface area contributed by atoms with Crippen LogP contribution in [0.25, 0.3) is 0 Å². The van der Waals surface area contributed by atoms with Gasteiger partial charge >= 0.3 is 6.09 Å². The molecule has 1 unspecified atom stereocenters. The van der Waals surface area contributed by atoms with Gasteiger partial charge in [0.1, 0.15) is 11.7 Å². The Morgan fingerprint density at radius 2 is 2.24 bits per heavy atom. The summed E-state index contributed by atoms with van der Waals surface area (Å²) in [6.45, 7) is 6.95. The number of hydrogen-bond acceptors (Lipinski definition) is 4. The van der Waals surface area contributed by atoms with Crippen LogP contribution in [-0.4, -0.2) is 36.3 Å². The van der Waals surface area contributed by atoms with Crippen molar-refractivity contribution < 1.29 is 14.3 Å². The third kappa shape index (κ3) is 4.20. The molecule has 2 rings (SSSR count). The highest BCUT2D eigenvalue weighted by Crippen LogP contribution is 2.24. The van der Waals surface area contributed by atoms with Crippen LogP contribution in [0.2, 0.25) is 0 Å². The second-order valence-corrected chi connectivity index (χ2v) is 6.02. The van der Waals surface area contributed by atoms with Crippen molar-refractivity contribution in [3.63, 3.8) is 0 Å². The van der Waals surface area contributed by atoms with Crippen molar-refractivity contribution in [2.45, 2.75) is 32.5 Å². The van der Waals surface area contributed by atoms with E-state index in [1.165, 1.54) is 0 Å². The maximum Gasteiger partial charge on any atom is 0.410 e. The molecule has 1 saturated heterocycles. The molecule has 1 aromatic rings. The number of hydrogen-bond donors (Lipinski definition) is 0. The Labute approximate surface area is 125 Å². The first kappa shape index (κ1) is 15.3. The highest BCUT2D eigenvalue weighted by Gasteiger charge is 2.28. The molecule has 0 N–H and O–H groups in total. The molecule has 1 aliphatic heterocycles. The molecule has 1 heterocycles. The number of nitriles is 1. The summed E-state index contributed by atoms with van der Waals surface area (Å²) < 4.78 is 11.1. The molecule has 0 spiro atoms. The number of ether oxygens (including phenoxy) is 2. The van der Waals surface area contributed by atoms with Gasteiger partial charge < -0.3 is 14.4 Å². The van der Waals surface area contributed by atoms with Crippen LogP contribution in [0.3, 0.4) is 0 Å². The number of rotatable bonds is 1. The van der Waals surface area contributed by atoms with Gasteiger partial charge in [0.05, 0.1) is 24.8 Å². The molecule has 5 heteroatoms. The molecule has 0 radical (unpaired) electrons. The first-order valence-corrected chi connectivity index (χ1v) is 6.98. The Bertz CT molecular complexity index is 557. The van der Waals surface area contributed by atoms with Gasteiger partial charge in [-0.1, -0.05) is 12.1 Å². The fourth-order valence-corrected chi connectivity index (χ4v) is 2.15. The lowest BCUT2D eigenvalue weighted by Crippen LogP contribution is -2.44. The van der Waals surface area contributed by atoms with Gasteiger partial charge in [-0.2, -0.15) is 5.26 Å². The molecule has 5 nitrogen and oxygen atoms in total. The van der Waals surface area contributed by atoms with E-state index in [-0.39, 0.29) is 12.2 Å². The second-order valence-electron chi connectivity index (χ2n) is 6.02. The van der Waals surface area contributed by atoms with Crippen LogP contribution in [0.5, 0.6) is 0 Å². The molecule has 1 atom stereocenters. The summed E-state index contributed by atoms with van der Waals surface area (Å²) >= 11 is 0. The van der Waals surface area contributed by atoms with Gasteiger partial charge in [0, 0.05) is 6.54 Å². The summed E-state index contributed by atoms with van der Waals surface area (Å²) in [4.78, 5) is 13.8. The van der Waals surface area contributed by atoms with Crippen LogP contribution < -0.4 is 0 Å². The highest BCUT2D eigenvalue weighted by molar-refractivity contribution is 5.68. The zero-order valence-electron chi connectivity index (χ0n) is 12.6. The van der Waals surface area contributed by atoms with E-state index in [2.05, 4.69) is 6.07 Å². The molecule has 0 saturated carbocycles. The van der Waals surface area contributed by atoms with E-state index in [0.717, 1.165) is 5.56 Å². The first-order chi connectivity index (χ1) is 9.89. The molecule has 0 bridgehead atoms. The minimum atomic E-state index is -0.508. The van der Waals surface area contributed by atoms with Gasteiger partial charge in [0.15, 0.2) is 0 Å². The number of carbonyl (C=O) groups excluding carboxylic acids is 1. The Balaban J connectivity index is 2.07. The highest BCUT2D eigenvalue weighted by atomic mass is 16.6. The van der Waals surface area contributed by atoms with E-state index >= 15 is 0 Å². The fraction of sp³-hybridized carbons (Fsp3) is 0.500. The largest absolute Gasteiger partial charge is 0.444 e. The standard InChI is InChI=1S/C16H20N2O3/c1-16(2,3)21-15(19)18-7-8-20-14(11-18)13-6-4-5-12(9-13)10-17/h4-6,9,14H,7-8,11H2,1-3H3. The zero-order valence-corrected chi connectivity index (χ0v) is 12.6. The smallest absolute Gasteiger partial charge is 0.410 e. The summed E-state index contributed by atoms with van der Waals surface area (Å²) in [6.07, 6.45) is -0.549. The quantitative estimate of drug-likeness (QED) is 0.797. The van der Waals surface area contributed by atoms with Crippen molar-refractivity contribution in [2.24, 2.45) is 0 Å². The summed E-state index contributed by atoms with van der Waals surface area (Å²) in [5, 5.41) is 8.95. The Morgan fingerprint density at radius 1 is 1.48 bits per heavy atom. The SMILES string of the molecule is CC(C)(C)OC(=O)N1CCOC(c2cccc(C#N)c2)C1.